The molecule has 0 saturated heterocycles. The highest BCUT2D eigenvalue weighted by atomic mass is 16.3. The van der Waals surface area contributed by atoms with Gasteiger partial charge < -0.3 is 4.98 Å². The Hall–Kier alpha value is -1.64. The second-order valence-electron chi connectivity index (χ2n) is 2.75. The molecule has 0 aliphatic rings. The quantitative estimate of drug-likeness (QED) is 0.639. The van der Waals surface area contributed by atoms with Gasteiger partial charge in [0, 0.05) is 38.9 Å². The van der Waals surface area contributed by atoms with E-state index in [4.69, 9.17) is 0 Å². The number of H-pyrrole nitrogens is 1. The van der Waals surface area contributed by atoms with Gasteiger partial charge in [-0.15, -0.1) is 0 Å². The molecule has 1 aromatic carbocycles. The van der Waals surface area contributed by atoms with Gasteiger partial charge >= 0.3 is 0 Å². The summed E-state index contributed by atoms with van der Waals surface area (Å²) in [5.41, 5.74) is 1.74. The summed E-state index contributed by atoms with van der Waals surface area (Å²) in [6, 6.07) is 7.51. The van der Waals surface area contributed by atoms with Crippen LogP contribution in [0.5, 0.6) is 0 Å². The van der Waals surface area contributed by atoms with Gasteiger partial charge in [-0.2, -0.15) is 0 Å². The minimum absolute atomic E-state index is 0.683. The molecule has 1 aromatic heterocycles. The van der Waals surface area contributed by atoms with Crippen LogP contribution < -0.4 is 0 Å². The lowest BCUT2D eigenvalue weighted by Crippen LogP contribution is -1.88. The smallest absolute Gasteiger partial charge is 0.256 e. The third-order valence-corrected chi connectivity index (χ3v) is 1.90. The zero-order valence-electron chi connectivity index (χ0n) is 6.74. The Kier molecular flexibility index (Phi) is 1.43. The van der Waals surface area contributed by atoms with E-state index in [1.165, 1.54) is 7.05 Å². The topological polar surface area (TPSA) is 35.9 Å². The van der Waals surface area contributed by atoms with Crippen molar-refractivity contribution in [3.8, 4) is 0 Å². The lowest BCUT2D eigenvalue weighted by atomic mass is 10.2. The molecule has 2 rings (SSSR count). The van der Waals surface area contributed by atoms with Gasteiger partial charge in [-0.25, -0.2) is 0 Å². The predicted molar refractivity (Wildman–Crippen MR) is 47.5 cm³/mol. The van der Waals surface area contributed by atoms with E-state index in [1.54, 1.807) is 6.07 Å². The zero-order chi connectivity index (χ0) is 8.55. The Morgan fingerprint density at radius 1 is 1.33 bits per heavy atom. The average molecular weight is 161 g/mol. The van der Waals surface area contributed by atoms with Crippen molar-refractivity contribution in [3.63, 3.8) is 0 Å². The molecule has 0 spiro atoms. The van der Waals surface area contributed by atoms with Crippen molar-refractivity contribution in [2.75, 3.05) is 7.05 Å². The number of aromatic nitrogens is 1. The molecule has 1 N–H and O–H groups in total. The van der Waals surface area contributed by atoms with E-state index in [0.29, 0.717) is 5.69 Å². The highest BCUT2D eigenvalue weighted by molar-refractivity contribution is 5.81. The molecule has 0 radical (unpaired) electrons. The summed E-state index contributed by atoms with van der Waals surface area (Å²) in [5.74, 6) is 0. The zero-order valence-corrected chi connectivity index (χ0v) is 6.74. The van der Waals surface area contributed by atoms with Crippen LogP contribution in [0.2, 0.25) is 0 Å². The van der Waals surface area contributed by atoms with Gasteiger partial charge in [0.25, 0.3) is 5.69 Å². The fourth-order valence-corrected chi connectivity index (χ4v) is 1.24. The number of rotatable bonds is 1. The van der Waals surface area contributed by atoms with Crippen molar-refractivity contribution in [1.82, 2.24) is 4.98 Å². The molecule has 0 aliphatic heterocycles. The molecule has 1 heterocycles. The highest BCUT2D eigenvalue weighted by Crippen LogP contribution is 2.18. The van der Waals surface area contributed by atoms with Gasteiger partial charge in [0.15, 0.2) is 7.05 Å². The third-order valence-electron chi connectivity index (χ3n) is 1.90. The molecule has 3 nitrogen and oxygen atoms in total. The fourth-order valence-electron chi connectivity index (χ4n) is 1.24. The first-order chi connectivity index (χ1) is 5.77. The largest absolute Gasteiger partial charge is 0.361 e. The molecular weight excluding hydrogens is 152 g/mol. The first-order valence-corrected chi connectivity index (χ1v) is 3.75. The first kappa shape index (κ1) is 7.03. The summed E-state index contributed by atoms with van der Waals surface area (Å²) in [6.07, 6.45) is 1.86. The first-order valence-electron chi connectivity index (χ1n) is 3.75. The fraction of sp³-hybridized carbons (Fsp3) is 0.111. The van der Waals surface area contributed by atoms with Gasteiger partial charge in [0.2, 0.25) is 0 Å². The molecular formula is C9H9N2O+. The van der Waals surface area contributed by atoms with E-state index in [1.807, 2.05) is 24.4 Å². The predicted octanol–water partition coefficient (Wildman–Crippen LogP) is 2.21. The number of hydrogen-bond acceptors (Lipinski definition) is 1. The van der Waals surface area contributed by atoms with Gasteiger partial charge in [-0.3, -0.25) is 0 Å². The van der Waals surface area contributed by atoms with E-state index in [9.17, 15) is 4.91 Å². The van der Waals surface area contributed by atoms with Crippen molar-refractivity contribution in [3.05, 3.63) is 35.4 Å². The second-order valence-corrected chi connectivity index (χ2v) is 2.75. The number of fused-ring (bicyclic) bond motifs is 1. The van der Waals surface area contributed by atoms with Crippen molar-refractivity contribution in [2.24, 2.45) is 0 Å². The summed E-state index contributed by atoms with van der Waals surface area (Å²) < 4.78 is 0.854. The van der Waals surface area contributed by atoms with Gasteiger partial charge in [-0.1, -0.05) is 0 Å². The van der Waals surface area contributed by atoms with E-state index in [2.05, 4.69) is 4.98 Å². The van der Waals surface area contributed by atoms with Crippen molar-refractivity contribution >= 4 is 16.6 Å². The van der Waals surface area contributed by atoms with Crippen LogP contribution in [0.1, 0.15) is 0 Å². The summed E-state index contributed by atoms with van der Waals surface area (Å²) in [7, 11) is 1.49. The van der Waals surface area contributed by atoms with Crippen LogP contribution in [0.25, 0.3) is 10.9 Å². The third kappa shape index (κ3) is 0.993. The maximum absolute atomic E-state index is 10.9. The summed E-state index contributed by atoms with van der Waals surface area (Å²) >= 11 is 0. The number of aromatic amines is 1. The number of hydrogen-bond donors (Lipinski definition) is 1. The van der Waals surface area contributed by atoms with Crippen LogP contribution in [0.3, 0.4) is 0 Å². The minimum Gasteiger partial charge on any atom is -0.361 e. The van der Waals surface area contributed by atoms with Gasteiger partial charge in [-0.05, 0) is 12.1 Å². The SMILES string of the molecule is C[N+](=O)c1ccc2[nH]ccc2c1. The Morgan fingerprint density at radius 2 is 2.17 bits per heavy atom. The monoisotopic (exact) mass is 161 g/mol. The molecule has 60 valence electrons. The normalized spacial score (nSPS) is 10.4. The molecule has 0 unspecified atom stereocenters. The molecule has 2 aromatic rings. The van der Waals surface area contributed by atoms with Crippen molar-refractivity contribution in [2.45, 2.75) is 0 Å². The number of nitroso groups, excluding NO2 is 1. The molecule has 0 bridgehead atoms. The van der Waals surface area contributed by atoms with E-state index in [-0.39, 0.29) is 0 Å². The maximum Gasteiger partial charge on any atom is 0.256 e. The Labute approximate surface area is 69.6 Å². The summed E-state index contributed by atoms with van der Waals surface area (Å²) in [4.78, 5) is 14.0. The van der Waals surface area contributed by atoms with E-state index < -0.39 is 0 Å². The molecule has 3 heteroatoms. The van der Waals surface area contributed by atoms with Gasteiger partial charge in [0.1, 0.15) is 0 Å². The molecule has 0 atom stereocenters. The Balaban J connectivity index is 2.68. The molecule has 0 saturated carbocycles. The average Bonchev–Trinajstić information content (AvgIpc) is 2.49. The highest BCUT2D eigenvalue weighted by Gasteiger charge is 2.06. The van der Waals surface area contributed by atoms with Crippen LogP contribution in [0, 0.1) is 4.91 Å². The standard InChI is InChI=1S/C9H9N2O/c1-11(12)8-2-3-9-7(6-8)4-5-10-9/h2-6,10H,1H3/q+1. The van der Waals surface area contributed by atoms with Crippen LogP contribution in [-0.2, 0) is 0 Å². The lowest BCUT2D eigenvalue weighted by molar-refractivity contribution is -0.428. The Bertz CT molecular complexity index is 431. The molecule has 0 fully saturated rings. The molecule has 12 heavy (non-hydrogen) atoms. The van der Waals surface area contributed by atoms with E-state index in [0.717, 1.165) is 15.7 Å². The number of benzene rings is 1. The summed E-state index contributed by atoms with van der Waals surface area (Å²) in [6.45, 7) is 0. The van der Waals surface area contributed by atoms with Gasteiger partial charge in [0.05, 0.1) is 0 Å². The van der Waals surface area contributed by atoms with E-state index >= 15 is 0 Å². The van der Waals surface area contributed by atoms with Crippen LogP contribution in [-0.4, -0.2) is 16.8 Å². The number of nitrogens with zero attached hydrogens (tertiary/aromatic N) is 1. The minimum atomic E-state index is 0.683. The van der Waals surface area contributed by atoms with Crippen LogP contribution in [0.4, 0.5) is 5.69 Å². The maximum atomic E-state index is 10.9. The number of nitrogens with one attached hydrogen (secondary N) is 1. The second kappa shape index (κ2) is 2.44. The van der Waals surface area contributed by atoms with Crippen LogP contribution >= 0.6 is 0 Å². The lowest BCUT2D eigenvalue weighted by Gasteiger charge is -1.88. The molecule has 0 amide bonds. The van der Waals surface area contributed by atoms with Crippen molar-refractivity contribution < 1.29 is 4.76 Å². The van der Waals surface area contributed by atoms with Crippen molar-refractivity contribution in [1.29, 1.82) is 0 Å². The Morgan fingerprint density at radius 3 is 2.92 bits per heavy atom. The molecule has 0 aliphatic carbocycles. The summed E-state index contributed by atoms with van der Waals surface area (Å²) in [5, 5.41) is 1.07. The van der Waals surface area contributed by atoms with Crippen LogP contribution in [0.15, 0.2) is 30.5 Å².